The van der Waals surface area contributed by atoms with Crippen LogP contribution in [0.5, 0.6) is 11.5 Å². The van der Waals surface area contributed by atoms with Crippen LogP contribution in [-0.4, -0.2) is 58.7 Å². The van der Waals surface area contributed by atoms with Crippen molar-refractivity contribution < 1.29 is 19.1 Å². The lowest BCUT2D eigenvalue weighted by atomic mass is 9.95. The summed E-state index contributed by atoms with van der Waals surface area (Å²) in [6, 6.07) is 33.2. The van der Waals surface area contributed by atoms with Crippen LogP contribution in [0.3, 0.4) is 0 Å². The molecular formula is C37H34N4O4. The van der Waals surface area contributed by atoms with Crippen molar-refractivity contribution >= 4 is 17.8 Å². The molecule has 3 aliphatic heterocycles. The summed E-state index contributed by atoms with van der Waals surface area (Å²) in [6.07, 6.45) is 1.15. The molecule has 3 aliphatic rings. The Morgan fingerprint density at radius 1 is 0.844 bits per heavy atom. The van der Waals surface area contributed by atoms with Crippen LogP contribution in [0.4, 0.5) is 4.79 Å². The summed E-state index contributed by atoms with van der Waals surface area (Å²) >= 11 is 0. The lowest BCUT2D eigenvalue weighted by molar-refractivity contribution is -0.143. The van der Waals surface area contributed by atoms with Gasteiger partial charge in [0.25, 0.3) is 5.91 Å². The first-order valence-electron chi connectivity index (χ1n) is 15.3. The minimum atomic E-state index is -0.729. The molecule has 226 valence electrons. The Bertz CT molecular complexity index is 1790. The van der Waals surface area contributed by atoms with Gasteiger partial charge in [0.05, 0.1) is 23.9 Å². The summed E-state index contributed by atoms with van der Waals surface area (Å²) in [5.41, 5.74) is 5.17. The van der Waals surface area contributed by atoms with E-state index in [-0.39, 0.29) is 24.4 Å². The van der Waals surface area contributed by atoms with E-state index in [1.165, 1.54) is 10.5 Å². The fraction of sp³-hybridized carbons (Fsp3) is 0.216. The molecule has 4 aromatic rings. The summed E-state index contributed by atoms with van der Waals surface area (Å²) in [5.74, 6) is 0.952. The second kappa shape index (κ2) is 12.0. The molecule has 0 bridgehead atoms. The van der Waals surface area contributed by atoms with Gasteiger partial charge in [0, 0.05) is 26.6 Å². The highest BCUT2D eigenvalue weighted by Gasteiger charge is 2.47. The maximum absolute atomic E-state index is 14.5. The maximum atomic E-state index is 14.5. The lowest BCUT2D eigenvalue weighted by Crippen LogP contribution is -2.52. The molecule has 3 heterocycles. The first-order chi connectivity index (χ1) is 22.0. The van der Waals surface area contributed by atoms with Crippen molar-refractivity contribution in [2.75, 3.05) is 20.1 Å². The van der Waals surface area contributed by atoms with E-state index < -0.39 is 12.1 Å². The number of urea groups is 1. The van der Waals surface area contributed by atoms with Crippen LogP contribution in [0.15, 0.2) is 120 Å². The summed E-state index contributed by atoms with van der Waals surface area (Å²) < 4.78 is 6.06. The molecule has 2 atom stereocenters. The van der Waals surface area contributed by atoms with Gasteiger partial charge in [0.1, 0.15) is 17.5 Å². The Morgan fingerprint density at radius 3 is 2.31 bits per heavy atom. The van der Waals surface area contributed by atoms with E-state index in [0.29, 0.717) is 42.3 Å². The summed E-state index contributed by atoms with van der Waals surface area (Å²) in [7, 11) is 1.67. The standard InChI is InChI=1S/C37H34N4O4/c1-39-32-24-41(31(21-25-11-4-2-5-12-25)35(42)40-20-19-26-13-8-9-14-28(26)23-40)36(43)33(32)34(38-37(39)44)27-15-10-18-30(22-27)45-29-16-6-3-7-17-29/h2-18,22,31,34H,19-21,23-24H2,1H3,(H,38,44)/t31-,34+/m0/s1. The Kier molecular flexibility index (Phi) is 7.55. The first kappa shape index (κ1) is 28.4. The third kappa shape index (κ3) is 5.55. The Hall–Kier alpha value is -5.37. The summed E-state index contributed by atoms with van der Waals surface area (Å²) in [6.45, 7) is 1.27. The predicted octanol–water partition coefficient (Wildman–Crippen LogP) is 5.47. The third-order valence-electron chi connectivity index (χ3n) is 8.93. The van der Waals surface area contributed by atoms with Crippen LogP contribution in [0.1, 0.15) is 28.3 Å². The lowest BCUT2D eigenvalue weighted by Gasteiger charge is -2.35. The summed E-state index contributed by atoms with van der Waals surface area (Å²) in [5, 5.41) is 3.02. The molecule has 0 aliphatic carbocycles. The van der Waals surface area contributed by atoms with Crippen LogP contribution in [0.25, 0.3) is 0 Å². The monoisotopic (exact) mass is 598 g/mol. The average molecular weight is 599 g/mol. The molecular weight excluding hydrogens is 564 g/mol. The predicted molar refractivity (Wildman–Crippen MR) is 170 cm³/mol. The number of hydrogen-bond donors (Lipinski definition) is 1. The van der Waals surface area contributed by atoms with E-state index in [9.17, 15) is 14.4 Å². The number of ether oxygens (including phenoxy) is 1. The van der Waals surface area contributed by atoms with Gasteiger partial charge < -0.3 is 19.9 Å². The van der Waals surface area contributed by atoms with E-state index in [1.807, 2.05) is 102 Å². The molecule has 4 aromatic carbocycles. The number of hydrogen-bond acceptors (Lipinski definition) is 4. The molecule has 0 saturated carbocycles. The zero-order valence-electron chi connectivity index (χ0n) is 25.1. The molecule has 0 radical (unpaired) electrons. The van der Waals surface area contributed by atoms with Gasteiger partial charge in [-0.05, 0) is 52.9 Å². The topological polar surface area (TPSA) is 82.2 Å². The highest BCUT2D eigenvalue weighted by Crippen LogP contribution is 2.38. The number of carbonyl (C=O) groups excluding carboxylic acids is 3. The average Bonchev–Trinajstić information content (AvgIpc) is 3.42. The van der Waals surface area contributed by atoms with Crippen LogP contribution < -0.4 is 10.1 Å². The highest BCUT2D eigenvalue weighted by molar-refractivity contribution is 6.03. The number of para-hydroxylation sites is 1. The van der Waals surface area contributed by atoms with Crippen molar-refractivity contribution in [1.29, 1.82) is 0 Å². The zero-order valence-corrected chi connectivity index (χ0v) is 25.1. The Balaban J connectivity index is 1.20. The molecule has 1 N–H and O–H groups in total. The number of likely N-dealkylation sites (N-methyl/N-ethyl adjacent to an activating group) is 1. The van der Waals surface area contributed by atoms with Gasteiger partial charge in [0.2, 0.25) is 5.91 Å². The van der Waals surface area contributed by atoms with Gasteiger partial charge in [-0.2, -0.15) is 0 Å². The van der Waals surface area contributed by atoms with E-state index in [1.54, 1.807) is 11.9 Å². The fourth-order valence-electron chi connectivity index (χ4n) is 6.54. The zero-order chi connectivity index (χ0) is 30.9. The van der Waals surface area contributed by atoms with E-state index >= 15 is 0 Å². The number of benzene rings is 4. The highest BCUT2D eigenvalue weighted by atomic mass is 16.5. The van der Waals surface area contributed by atoms with Gasteiger partial charge >= 0.3 is 6.03 Å². The quantitative estimate of drug-likeness (QED) is 0.306. The smallest absolute Gasteiger partial charge is 0.322 e. The van der Waals surface area contributed by atoms with Crippen molar-refractivity contribution in [3.63, 3.8) is 0 Å². The van der Waals surface area contributed by atoms with E-state index in [2.05, 4.69) is 17.4 Å². The molecule has 0 fully saturated rings. The van der Waals surface area contributed by atoms with Crippen molar-refractivity contribution in [1.82, 2.24) is 20.0 Å². The van der Waals surface area contributed by atoms with E-state index in [0.717, 1.165) is 23.1 Å². The molecule has 8 nitrogen and oxygen atoms in total. The van der Waals surface area contributed by atoms with Gasteiger partial charge in [-0.1, -0.05) is 84.9 Å². The first-order valence-corrected chi connectivity index (χ1v) is 15.3. The van der Waals surface area contributed by atoms with Crippen LogP contribution in [-0.2, 0) is 29.0 Å². The van der Waals surface area contributed by atoms with Gasteiger partial charge in [0.15, 0.2) is 0 Å². The van der Waals surface area contributed by atoms with Crippen molar-refractivity contribution in [2.24, 2.45) is 0 Å². The number of nitrogens with zero attached hydrogens (tertiary/aromatic N) is 3. The summed E-state index contributed by atoms with van der Waals surface area (Å²) in [4.78, 5) is 47.1. The van der Waals surface area contributed by atoms with Crippen molar-refractivity contribution in [3.05, 3.63) is 143 Å². The molecule has 0 unspecified atom stereocenters. The second-order valence-electron chi connectivity index (χ2n) is 11.7. The third-order valence-corrected chi connectivity index (χ3v) is 8.93. The van der Waals surface area contributed by atoms with Gasteiger partial charge in [-0.3, -0.25) is 14.5 Å². The number of carbonyl (C=O) groups is 3. The minimum Gasteiger partial charge on any atom is -0.457 e. The Labute approximate surface area is 262 Å². The normalized spacial score (nSPS) is 18.3. The fourth-order valence-corrected chi connectivity index (χ4v) is 6.54. The van der Waals surface area contributed by atoms with Crippen LogP contribution in [0, 0.1) is 0 Å². The number of fused-ring (bicyclic) bond motifs is 1. The van der Waals surface area contributed by atoms with Crippen LogP contribution in [0.2, 0.25) is 0 Å². The second-order valence-corrected chi connectivity index (χ2v) is 11.7. The number of rotatable bonds is 7. The SMILES string of the molecule is CN1C(=O)N[C@H](c2cccc(Oc3ccccc3)c2)C2=C1CN([C@@H](Cc1ccccc1)C(=O)N1CCc3ccccc3C1)C2=O. The van der Waals surface area contributed by atoms with Crippen molar-refractivity contribution in [3.8, 4) is 11.5 Å². The molecule has 7 rings (SSSR count). The minimum absolute atomic E-state index is 0.0849. The molecule has 4 amide bonds. The largest absolute Gasteiger partial charge is 0.457 e. The van der Waals surface area contributed by atoms with Crippen LogP contribution >= 0.6 is 0 Å². The molecule has 0 aromatic heterocycles. The molecule has 45 heavy (non-hydrogen) atoms. The maximum Gasteiger partial charge on any atom is 0.322 e. The molecule has 0 saturated heterocycles. The van der Waals surface area contributed by atoms with Gasteiger partial charge in [-0.15, -0.1) is 0 Å². The van der Waals surface area contributed by atoms with Gasteiger partial charge in [-0.25, -0.2) is 4.79 Å². The van der Waals surface area contributed by atoms with Crippen molar-refractivity contribution in [2.45, 2.75) is 31.5 Å². The molecule has 0 spiro atoms. The number of nitrogens with one attached hydrogen (secondary N) is 1. The van der Waals surface area contributed by atoms with E-state index in [4.69, 9.17) is 4.74 Å². The molecule has 8 heteroatoms. The Morgan fingerprint density at radius 2 is 1.53 bits per heavy atom. The number of amides is 4.